The number of hydrogen-bond donors (Lipinski definition) is 1. The molecule has 78 valence electrons. The summed E-state index contributed by atoms with van der Waals surface area (Å²) in [6, 6.07) is 0. The van der Waals surface area contributed by atoms with Crippen LogP contribution in [0.5, 0.6) is 0 Å². The third-order valence-electron chi connectivity index (χ3n) is 2.69. The summed E-state index contributed by atoms with van der Waals surface area (Å²) >= 11 is 0. The molecule has 0 radical (unpaired) electrons. The normalized spacial score (nSPS) is 22.6. The van der Waals surface area contributed by atoms with Crippen LogP contribution in [0.4, 0.5) is 0 Å². The fourth-order valence-corrected chi connectivity index (χ4v) is 1.91. The van der Waals surface area contributed by atoms with Crippen LogP contribution in [0, 0.1) is 0 Å². The average molecular weight is 187 g/mol. The maximum absolute atomic E-state index is 6.22. The molecule has 0 atom stereocenters. The van der Waals surface area contributed by atoms with Gasteiger partial charge in [0.25, 0.3) is 0 Å². The predicted molar refractivity (Wildman–Crippen MR) is 52.4 cm³/mol. The van der Waals surface area contributed by atoms with E-state index in [1.165, 1.54) is 25.7 Å². The number of nitrogens with two attached hydrogens (primary N) is 1. The molecule has 1 fully saturated rings. The Labute approximate surface area is 80.6 Å². The van der Waals surface area contributed by atoms with Crippen molar-refractivity contribution in [3.63, 3.8) is 0 Å². The lowest BCUT2D eigenvalue weighted by molar-refractivity contribution is -0.0501. The molecule has 0 aromatic rings. The summed E-state index contributed by atoms with van der Waals surface area (Å²) in [6.07, 6.45) is 7.32. The molecule has 0 saturated heterocycles. The van der Waals surface area contributed by atoms with Crippen molar-refractivity contribution in [3.8, 4) is 0 Å². The van der Waals surface area contributed by atoms with Crippen molar-refractivity contribution in [1.29, 1.82) is 0 Å². The molecule has 0 heterocycles. The lowest BCUT2D eigenvalue weighted by Gasteiger charge is -2.27. The van der Waals surface area contributed by atoms with E-state index in [2.05, 4.69) is 0 Å². The van der Waals surface area contributed by atoms with Gasteiger partial charge in [0.15, 0.2) is 0 Å². The van der Waals surface area contributed by atoms with Gasteiger partial charge in [-0.2, -0.15) is 0 Å². The number of methoxy groups -OCH3 is 1. The van der Waals surface area contributed by atoms with Crippen LogP contribution in [-0.2, 0) is 9.47 Å². The molecule has 1 rings (SSSR count). The van der Waals surface area contributed by atoms with E-state index in [-0.39, 0.29) is 5.54 Å². The first-order valence-corrected chi connectivity index (χ1v) is 5.12. The summed E-state index contributed by atoms with van der Waals surface area (Å²) in [5.41, 5.74) is 6.13. The fourth-order valence-electron chi connectivity index (χ4n) is 1.91. The van der Waals surface area contributed by atoms with Crippen molar-refractivity contribution in [1.82, 2.24) is 0 Å². The molecule has 0 bridgehead atoms. The van der Waals surface area contributed by atoms with Crippen LogP contribution in [0.2, 0.25) is 0 Å². The zero-order valence-electron chi connectivity index (χ0n) is 8.55. The van der Waals surface area contributed by atoms with Gasteiger partial charge in [-0.15, -0.1) is 0 Å². The summed E-state index contributed by atoms with van der Waals surface area (Å²) < 4.78 is 10.2. The highest BCUT2D eigenvalue weighted by Crippen LogP contribution is 2.24. The van der Waals surface area contributed by atoms with E-state index in [0.29, 0.717) is 13.4 Å². The highest BCUT2D eigenvalue weighted by molar-refractivity contribution is 4.85. The molecule has 2 N–H and O–H groups in total. The van der Waals surface area contributed by atoms with Crippen molar-refractivity contribution >= 4 is 0 Å². The van der Waals surface area contributed by atoms with E-state index < -0.39 is 0 Å². The minimum absolute atomic E-state index is 0.0883. The van der Waals surface area contributed by atoms with Crippen LogP contribution in [0.15, 0.2) is 0 Å². The van der Waals surface area contributed by atoms with Crippen molar-refractivity contribution < 1.29 is 9.47 Å². The van der Waals surface area contributed by atoms with E-state index in [9.17, 15) is 0 Å². The third kappa shape index (κ3) is 4.07. The van der Waals surface area contributed by atoms with Gasteiger partial charge >= 0.3 is 0 Å². The fraction of sp³-hybridized carbons (Fsp3) is 1.00. The molecule has 0 aromatic heterocycles. The Balaban J connectivity index is 2.25. The molecule has 1 aliphatic carbocycles. The molecule has 3 heteroatoms. The molecule has 1 saturated carbocycles. The van der Waals surface area contributed by atoms with Gasteiger partial charge in [0.2, 0.25) is 0 Å². The van der Waals surface area contributed by atoms with Gasteiger partial charge in [0.05, 0.1) is 6.61 Å². The second-order valence-corrected chi connectivity index (χ2v) is 4.03. The first kappa shape index (κ1) is 11.0. The van der Waals surface area contributed by atoms with Gasteiger partial charge in [0.1, 0.15) is 6.79 Å². The molecule has 3 nitrogen and oxygen atoms in total. The van der Waals surface area contributed by atoms with Crippen LogP contribution in [0.3, 0.4) is 0 Å². The van der Waals surface area contributed by atoms with Gasteiger partial charge in [-0.05, 0) is 12.8 Å². The number of ether oxygens (including phenoxy) is 2. The van der Waals surface area contributed by atoms with E-state index in [4.69, 9.17) is 15.2 Å². The zero-order chi connectivity index (χ0) is 9.57. The topological polar surface area (TPSA) is 44.5 Å². The highest BCUT2D eigenvalue weighted by atomic mass is 16.7. The molecular weight excluding hydrogens is 166 g/mol. The Morgan fingerprint density at radius 3 is 2.31 bits per heavy atom. The summed E-state index contributed by atoms with van der Waals surface area (Å²) in [6.45, 7) is 1.000. The molecule has 0 aliphatic heterocycles. The number of rotatable bonds is 4. The summed E-state index contributed by atoms with van der Waals surface area (Å²) in [7, 11) is 1.64. The summed E-state index contributed by atoms with van der Waals surface area (Å²) in [4.78, 5) is 0. The Bertz CT molecular complexity index is 131. The van der Waals surface area contributed by atoms with Gasteiger partial charge in [0, 0.05) is 12.6 Å². The second kappa shape index (κ2) is 5.58. The van der Waals surface area contributed by atoms with E-state index in [1.54, 1.807) is 7.11 Å². The lowest BCUT2D eigenvalue weighted by Crippen LogP contribution is -2.44. The Morgan fingerprint density at radius 1 is 1.15 bits per heavy atom. The predicted octanol–water partition coefficient (Wildman–Crippen LogP) is 1.66. The van der Waals surface area contributed by atoms with Crippen LogP contribution in [0.1, 0.15) is 38.5 Å². The monoisotopic (exact) mass is 187 g/mol. The first-order chi connectivity index (χ1) is 6.27. The van der Waals surface area contributed by atoms with Crippen LogP contribution in [-0.4, -0.2) is 26.0 Å². The quantitative estimate of drug-likeness (QED) is 0.413. The van der Waals surface area contributed by atoms with Crippen molar-refractivity contribution in [2.45, 2.75) is 44.1 Å². The highest BCUT2D eigenvalue weighted by Gasteiger charge is 2.26. The minimum Gasteiger partial charge on any atom is -0.359 e. The van der Waals surface area contributed by atoms with Gasteiger partial charge in [-0.1, -0.05) is 25.7 Å². The zero-order valence-corrected chi connectivity index (χ0v) is 8.55. The van der Waals surface area contributed by atoms with E-state index in [0.717, 1.165) is 12.8 Å². The standard InChI is InChI=1S/C10H21NO2/c1-12-9-13-8-10(11)6-4-2-3-5-7-10/h2-9,11H2,1H3. The van der Waals surface area contributed by atoms with E-state index >= 15 is 0 Å². The number of hydrogen-bond acceptors (Lipinski definition) is 3. The first-order valence-electron chi connectivity index (χ1n) is 5.12. The van der Waals surface area contributed by atoms with E-state index in [1.807, 2.05) is 0 Å². The molecule has 0 amide bonds. The van der Waals surface area contributed by atoms with Crippen LogP contribution >= 0.6 is 0 Å². The summed E-state index contributed by atoms with van der Waals surface area (Å²) in [5, 5.41) is 0. The molecule has 0 aromatic carbocycles. The minimum atomic E-state index is -0.0883. The molecule has 0 unspecified atom stereocenters. The smallest absolute Gasteiger partial charge is 0.146 e. The van der Waals surface area contributed by atoms with Crippen LogP contribution < -0.4 is 5.73 Å². The Hall–Kier alpha value is -0.120. The third-order valence-corrected chi connectivity index (χ3v) is 2.69. The summed E-state index contributed by atoms with van der Waals surface area (Å²) in [5.74, 6) is 0. The second-order valence-electron chi connectivity index (χ2n) is 4.03. The Kier molecular flexibility index (Phi) is 4.70. The van der Waals surface area contributed by atoms with Gasteiger partial charge < -0.3 is 15.2 Å². The maximum atomic E-state index is 6.22. The SMILES string of the molecule is COCOCC1(N)CCCCCC1. The van der Waals surface area contributed by atoms with Crippen molar-refractivity contribution in [2.24, 2.45) is 5.73 Å². The van der Waals surface area contributed by atoms with Gasteiger partial charge in [-0.3, -0.25) is 0 Å². The Morgan fingerprint density at radius 2 is 1.77 bits per heavy atom. The van der Waals surface area contributed by atoms with Crippen molar-refractivity contribution in [3.05, 3.63) is 0 Å². The van der Waals surface area contributed by atoms with Crippen molar-refractivity contribution in [2.75, 3.05) is 20.5 Å². The van der Waals surface area contributed by atoms with Gasteiger partial charge in [-0.25, -0.2) is 0 Å². The molecule has 0 spiro atoms. The average Bonchev–Trinajstić information content (AvgIpc) is 2.31. The molecular formula is C10H21NO2. The largest absolute Gasteiger partial charge is 0.359 e. The molecule has 1 aliphatic rings. The molecule has 13 heavy (non-hydrogen) atoms. The maximum Gasteiger partial charge on any atom is 0.146 e. The lowest BCUT2D eigenvalue weighted by atomic mass is 9.93. The van der Waals surface area contributed by atoms with Crippen LogP contribution in [0.25, 0.3) is 0 Å².